The first-order valence-corrected chi connectivity index (χ1v) is 9.79. The van der Waals surface area contributed by atoms with E-state index in [9.17, 15) is 4.79 Å². The second kappa shape index (κ2) is 8.00. The van der Waals surface area contributed by atoms with E-state index < -0.39 is 0 Å². The van der Waals surface area contributed by atoms with Gasteiger partial charge in [-0.3, -0.25) is 4.79 Å². The molecule has 2 aromatic heterocycles. The van der Waals surface area contributed by atoms with Gasteiger partial charge in [-0.2, -0.15) is 0 Å². The summed E-state index contributed by atoms with van der Waals surface area (Å²) in [5.41, 5.74) is 2.79. The number of anilines is 1. The summed E-state index contributed by atoms with van der Waals surface area (Å²) < 4.78 is 11.1. The van der Waals surface area contributed by atoms with Crippen LogP contribution in [0.2, 0.25) is 5.02 Å². The van der Waals surface area contributed by atoms with Gasteiger partial charge in [0.25, 0.3) is 0 Å². The van der Waals surface area contributed by atoms with Crippen molar-refractivity contribution in [2.75, 3.05) is 5.32 Å². The maximum atomic E-state index is 12.3. The molecule has 0 bridgehead atoms. The van der Waals surface area contributed by atoms with Crippen LogP contribution in [0.15, 0.2) is 52.3 Å². The highest BCUT2D eigenvalue weighted by Gasteiger charge is 2.10. The number of oxazole rings is 1. The maximum absolute atomic E-state index is 12.3. The Morgan fingerprint density at radius 1 is 1.21 bits per heavy atom. The minimum absolute atomic E-state index is 0.143. The van der Waals surface area contributed by atoms with Crippen molar-refractivity contribution in [3.63, 3.8) is 0 Å². The predicted molar refractivity (Wildman–Crippen MR) is 109 cm³/mol. The lowest BCUT2D eigenvalue weighted by atomic mass is 10.2. The van der Waals surface area contributed by atoms with Crippen LogP contribution in [0.1, 0.15) is 16.6 Å². The van der Waals surface area contributed by atoms with E-state index in [4.69, 9.17) is 20.8 Å². The van der Waals surface area contributed by atoms with Gasteiger partial charge in [0.1, 0.15) is 22.9 Å². The first kappa shape index (κ1) is 18.5. The van der Waals surface area contributed by atoms with Gasteiger partial charge in [0.05, 0.1) is 12.1 Å². The number of carbonyl (C=O) groups is 1. The van der Waals surface area contributed by atoms with Crippen LogP contribution in [-0.4, -0.2) is 15.9 Å². The number of nitrogens with zero attached hydrogens (tertiary/aromatic N) is 2. The number of benzene rings is 2. The standard InChI is InChI=1S/C20H16ClN3O3S/c1-12-22-17-8-14(4-7-18(17)27-12)23-19(25)9-15-11-28-20(24-15)10-26-16-5-2-13(21)3-6-16/h2-8,11H,9-10H2,1H3,(H,23,25). The third-order valence-electron chi connectivity index (χ3n) is 3.90. The van der Waals surface area contributed by atoms with Crippen LogP contribution < -0.4 is 10.1 Å². The molecule has 28 heavy (non-hydrogen) atoms. The summed E-state index contributed by atoms with van der Waals surface area (Å²) in [6.45, 7) is 2.13. The van der Waals surface area contributed by atoms with Crippen LogP contribution in [0.5, 0.6) is 5.75 Å². The molecule has 0 spiro atoms. The third kappa shape index (κ3) is 4.49. The summed E-state index contributed by atoms with van der Waals surface area (Å²) in [7, 11) is 0. The van der Waals surface area contributed by atoms with E-state index in [1.807, 2.05) is 5.38 Å². The number of hydrogen-bond acceptors (Lipinski definition) is 6. The molecule has 0 saturated carbocycles. The molecule has 0 fully saturated rings. The highest BCUT2D eigenvalue weighted by Crippen LogP contribution is 2.21. The summed E-state index contributed by atoms with van der Waals surface area (Å²) in [6, 6.07) is 12.5. The number of ether oxygens (including phenoxy) is 1. The molecule has 1 amide bonds. The predicted octanol–water partition coefficient (Wildman–Crippen LogP) is 5.01. The average Bonchev–Trinajstić information content (AvgIpc) is 3.26. The number of nitrogens with one attached hydrogen (secondary N) is 1. The lowest BCUT2D eigenvalue weighted by molar-refractivity contribution is -0.115. The van der Waals surface area contributed by atoms with Gasteiger partial charge < -0.3 is 14.5 Å². The van der Waals surface area contributed by atoms with E-state index in [1.54, 1.807) is 49.4 Å². The molecule has 0 saturated heterocycles. The molecule has 142 valence electrons. The molecule has 0 aliphatic heterocycles. The molecule has 0 aliphatic rings. The Bertz CT molecular complexity index is 1120. The fraction of sp³-hybridized carbons (Fsp3) is 0.150. The van der Waals surface area contributed by atoms with Gasteiger partial charge in [0, 0.05) is 23.0 Å². The number of fused-ring (bicyclic) bond motifs is 1. The third-order valence-corrected chi connectivity index (χ3v) is 5.02. The van der Waals surface area contributed by atoms with Crippen LogP contribution >= 0.6 is 22.9 Å². The van der Waals surface area contributed by atoms with E-state index in [2.05, 4.69) is 15.3 Å². The van der Waals surface area contributed by atoms with Crippen molar-refractivity contribution in [3.8, 4) is 5.75 Å². The quantitative estimate of drug-likeness (QED) is 0.481. The Hall–Kier alpha value is -2.90. The first-order chi connectivity index (χ1) is 13.5. The van der Waals surface area contributed by atoms with Gasteiger partial charge in [0.15, 0.2) is 11.5 Å². The van der Waals surface area contributed by atoms with E-state index >= 15 is 0 Å². The molecule has 4 aromatic rings. The summed E-state index contributed by atoms with van der Waals surface area (Å²) >= 11 is 7.32. The van der Waals surface area contributed by atoms with Crippen molar-refractivity contribution >= 4 is 45.6 Å². The monoisotopic (exact) mass is 413 g/mol. The molecule has 1 N–H and O–H groups in total. The lowest BCUT2D eigenvalue weighted by Crippen LogP contribution is -2.14. The Morgan fingerprint density at radius 2 is 2.04 bits per heavy atom. The average molecular weight is 414 g/mol. The molecule has 0 aliphatic carbocycles. The second-order valence-corrected chi connectivity index (χ2v) is 7.49. The summed E-state index contributed by atoms with van der Waals surface area (Å²) in [5.74, 6) is 1.17. The molecular weight excluding hydrogens is 398 g/mol. The second-order valence-electron chi connectivity index (χ2n) is 6.12. The number of aromatic nitrogens is 2. The lowest BCUT2D eigenvalue weighted by Gasteiger charge is -2.04. The number of amides is 1. The van der Waals surface area contributed by atoms with Crippen LogP contribution in [0.3, 0.4) is 0 Å². The molecule has 4 rings (SSSR count). The maximum Gasteiger partial charge on any atom is 0.230 e. The van der Waals surface area contributed by atoms with Gasteiger partial charge >= 0.3 is 0 Å². The first-order valence-electron chi connectivity index (χ1n) is 8.54. The zero-order chi connectivity index (χ0) is 19.5. The number of halogens is 1. The molecule has 0 atom stereocenters. The van der Waals surface area contributed by atoms with Crippen molar-refractivity contribution in [3.05, 3.63) is 69.5 Å². The zero-order valence-corrected chi connectivity index (χ0v) is 16.5. The van der Waals surface area contributed by atoms with Gasteiger partial charge in [-0.15, -0.1) is 11.3 Å². The summed E-state index contributed by atoms with van der Waals surface area (Å²) in [5, 5.41) is 6.19. The number of carbonyl (C=O) groups excluding carboxylic acids is 1. The van der Waals surface area contributed by atoms with Crippen LogP contribution in [-0.2, 0) is 17.8 Å². The van der Waals surface area contributed by atoms with E-state index in [0.29, 0.717) is 40.0 Å². The number of thiazole rings is 1. The fourth-order valence-electron chi connectivity index (χ4n) is 2.66. The zero-order valence-electron chi connectivity index (χ0n) is 14.9. The van der Waals surface area contributed by atoms with Gasteiger partial charge in [-0.25, -0.2) is 9.97 Å². The molecular formula is C20H16ClN3O3S. The number of hydrogen-bond donors (Lipinski definition) is 1. The van der Waals surface area contributed by atoms with Crippen molar-refractivity contribution < 1.29 is 13.9 Å². The number of rotatable bonds is 6. The van der Waals surface area contributed by atoms with Crippen LogP contribution in [0, 0.1) is 6.92 Å². The van der Waals surface area contributed by atoms with Gasteiger partial charge in [-0.05, 0) is 42.5 Å². The van der Waals surface area contributed by atoms with Crippen LogP contribution in [0.25, 0.3) is 11.1 Å². The molecule has 6 nitrogen and oxygen atoms in total. The SMILES string of the molecule is Cc1nc2cc(NC(=O)Cc3csc(COc4ccc(Cl)cc4)n3)ccc2o1. The minimum Gasteiger partial charge on any atom is -0.486 e. The van der Waals surface area contributed by atoms with Gasteiger partial charge in [0.2, 0.25) is 5.91 Å². The smallest absolute Gasteiger partial charge is 0.230 e. The minimum atomic E-state index is -0.143. The normalized spacial score (nSPS) is 10.9. The van der Waals surface area contributed by atoms with Crippen molar-refractivity contribution in [2.24, 2.45) is 0 Å². The highest BCUT2D eigenvalue weighted by atomic mass is 35.5. The van der Waals surface area contributed by atoms with Crippen molar-refractivity contribution in [2.45, 2.75) is 20.0 Å². The summed E-state index contributed by atoms with van der Waals surface area (Å²) in [4.78, 5) is 21.0. The number of aryl methyl sites for hydroxylation is 1. The van der Waals surface area contributed by atoms with Crippen LogP contribution in [0.4, 0.5) is 5.69 Å². The van der Waals surface area contributed by atoms with Gasteiger partial charge in [-0.1, -0.05) is 11.6 Å². The fourth-order valence-corrected chi connectivity index (χ4v) is 3.49. The molecule has 8 heteroatoms. The highest BCUT2D eigenvalue weighted by molar-refractivity contribution is 7.09. The molecule has 2 heterocycles. The largest absolute Gasteiger partial charge is 0.486 e. The Balaban J connectivity index is 1.33. The van der Waals surface area contributed by atoms with Crippen molar-refractivity contribution in [1.29, 1.82) is 0 Å². The Morgan fingerprint density at radius 3 is 2.86 bits per heavy atom. The van der Waals surface area contributed by atoms with Crippen molar-refractivity contribution in [1.82, 2.24) is 9.97 Å². The Labute approximate surface area is 170 Å². The topological polar surface area (TPSA) is 77.2 Å². The molecule has 2 aromatic carbocycles. The molecule has 0 unspecified atom stereocenters. The van der Waals surface area contributed by atoms with E-state index in [1.165, 1.54) is 11.3 Å². The van der Waals surface area contributed by atoms with E-state index in [0.717, 1.165) is 10.8 Å². The summed E-state index contributed by atoms with van der Waals surface area (Å²) in [6.07, 6.45) is 0.188. The molecule has 0 radical (unpaired) electrons. The van der Waals surface area contributed by atoms with E-state index in [-0.39, 0.29) is 12.3 Å². The Kier molecular flexibility index (Phi) is 5.27.